The lowest BCUT2D eigenvalue weighted by molar-refractivity contribution is 0.0513. The van der Waals surface area contributed by atoms with Gasteiger partial charge in [-0.15, -0.1) is 0 Å². The summed E-state index contributed by atoms with van der Waals surface area (Å²) in [6.45, 7) is 9.82. The number of fused-ring (bicyclic) bond motifs is 2. The zero-order valence-corrected chi connectivity index (χ0v) is 23.3. The van der Waals surface area contributed by atoms with Gasteiger partial charge in [0.15, 0.2) is 0 Å². The Balaban J connectivity index is 1.19. The Morgan fingerprint density at radius 3 is 2.49 bits per heavy atom. The van der Waals surface area contributed by atoms with Crippen molar-refractivity contribution in [3.8, 4) is 5.75 Å². The molecule has 1 atom stereocenters. The van der Waals surface area contributed by atoms with Crippen molar-refractivity contribution in [3.63, 3.8) is 0 Å². The Morgan fingerprint density at radius 1 is 0.974 bits per heavy atom. The van der Waals surface area contributed by atoms with Gasteiger partial charge >= 0.3 is 5.97 Å². The lowest BCUT2D eigenvalue weighted by Gasteiger charge is -2.33. The van der Waals surface area contributed by atoms with Gasteiger partial charge in [-0.25, -0.2) is 4.79 Å². The third-order valence-electron chi connectivity index (χ3n) is 7.67. The number of benzene rings is 3. The van der Waals surface area contributed by atoms with E-state index in [9.17, 15) is 9.90 Å². The summed E-state index contributed by atoms with van der Waals surface area (Å²) in [6, 6.07) is 23.1. The van der Waals surface area contributed by atoms with E-state index in [-0.39, 0.29) is 12.6 Å². The number of β-amino-alcohol motifs (C(OH)–C–C–N with tert-alkyl or cyclic N) is 1. The van der Waals surface area contributed by atoms with Crippen LogP contribution in [0, 0.1) is 5.92 Å². The normalized spacial score (nSPS) is 15.7. The van der Waals surface area contributed by atoms with Crippen molar-refractivity contribution in [2.45, 2.75) is 52.2 Å². The Kier molecular flexibility index (Phi) is 8.53. The first kappa shape index (κ1) is 27.2. The number of carbonyl (C=O) groups excluding carboxylic acids is 1. The lowest BCUT2D eigenvalue weighted by Crippen LogP contribution is -2.40. The number of likely N-dealkylation sites (tertiary alicyclic amines) is 1. The first-order chi connectivity index (χ1) is 18.9. The largest absolute Gasteiger partial charge is 0.490 e. The third-order valence-corrected chi connectivity index (χ3v) is 7.67. The van der Waals surface area contributed by atoms with Crippen LogP contribution in [0.25, 0.3) is 21.7 Å². The number of ether oxygens (including phenoxy) is 2. The van der Waals surface area contributed by atoms with Crippen LogP contribution in [-0.4, -0.2) is 59.5 Å². The number of hydrogen-bond donors (Lipinski definition) is 1. The van der Waals surface area contributed by atoms with E-state index in [1.807, 2.05) is 35.8 Å². The lowest BCUT2D eigenvalue weighted by atomic mass is 9.88. The smallest absolute Gasteiger partial charge is 0.354 e. The number of aromatic nitrogens is 1. The molecule has 4 aromatic rings. The average Bonchev–Trinajstić information content (AvgIpc) is 3.30. The van der Waals surface area contributed by atoms with Gasteiger partial charge in [0.1, 0.15) is 24.2 Å². The summed E-state index contributed by atoms with van der Waals surface area (Å²) in [5.74, 6) is 1.27. The molecule has 0 amide bonds. The van der Waals surface area contributed by atoms with Crippen LogP contribution in [0.4, 0.5) is 0 Å². The monoisotopic (exact) mass is 528 g/mol. The minimum absolute atomic E-state index is 0.202. The summed E-state index contributed by atoms with van der Waals surface area (Å²) < 4.78 is 13.5. The van der Waals surface area contributed by atoms with Gasteiger partial charge in [-0.3, -0.25) is 0 Å². The van der Waals surface area contributed by atoms with Gasteiger partial charge in [-0.05, 0) is 79.2 Å². The summed E-state index contributed by atoms with van der Waals surface area (Å²) >= 11 is 0. The highest BCUT2D eigenvalue weighted by Crippen LogP contribution is 2.32. The van der Waals surface area contributed by atoms with Gasteiger partial charge < -0.3 is 24.0 Å². The second-order valence-electron chi connectivity index (χ2n) is 11.1. The molecule has 0 aliphatic carbocycles. The molecule has 1 saturated heterocycles. The maximum atomic E-state index is 12.7. The fourth-order valence-electron chi connectivity index (χ4n) is 5.77. The molecule has 39 heavy (non-hydrogen) atoms. The van der Waals surface area contributed by atoms with Gasteiger partial charge in [0.05, 0.1) is 12.1 Å². The molecule has 1 aliphatic heterocycles. The van der Waals surface area contributed by atoms with Crippen molar-refractivity contribution in [3.05, 3.63) is 78.0 Å². The molecule has 1 aromatic heterocycles. The van der Waals surface area contributed by atoms with Crippen molar-refractivity contribution in [2.24, 2.45) is 5.92 Å². The van der Waals surface area contributed by atoms with Crippen molar-refractivity contribution in [2.75, 3.05) is 32.8 Å². The van der Waals surface area contributed by atoms with Gasteiger partial charge in [0.25, 0.3) is 0 Å². The number of esters is 1. The van der Waals surface area contributed by atoms with Gasteiger partial charge in [0.2, 0.25) is 0 Å². The van der Waals surface area contributed by atoms with E-state index >= 15 is 0 Å². The first-order valence-electron chi connectivity index (χ1n) is 14.2. The molecule has 6 nitrogen and oxygen atoms in total. The minimum atomic E-state index is -0.597. The topological polar surface area (TPSA) is 63.9 Å². The van der Waals surface area contributed by atoms with Crippen LogP contribution in [-0.2, 0) is 11.3 Å². The Morgan fingerprint density at radius 2 is 1.74 bits per heavy atom. The van der Waals surface area contributed by atoms with Crippen molar-refractivity contribution in [1.82, 2.24) is 9.47 Å². The van der Waals surface area contributed by atoms with E-state index in [1.165, 1.54) is 16.3 Å². The fourth-order valence-corrected chi connectivity index (χ4v) is 5.77. The van der Waals surface area contributed by atoms with Crippen molar-refractivity contribution < 1.29 is 19.4 Å². The molecule has 6 heteroatoms. The van der Waals surface area contributed by atoms with Gasteiger partial charge in [0, 0.05) is 18.5 Å². The quantitative estimate of drug-likeness (QED) is 0.247. The molecule has 0 radical (unpaired) electrons. The molecule has 3 aromatic carbocycles. The second-order valence-corrected chi connectivity index (χ2v) is 11.1. The molecule has 0 spiro atoms. The zero-order chi connectivity index (χ0) is 27.4. The predicted molar refractivity (Wildman–Crippen MR) is 157 cm³/mol. The van der Waals surface area contributed by atoms with E-state index in [1.54, 1.807) is 0 Å². The van der Waals surface area contributed by atoms with E-state index in [2.05, 4.69) is 61.2 Å². The van der Waals surface area contributed by atoms with Crippen molar-refractivity contribution in [1.29, 1.82) is 0 Å². The highest BCUT2D eigenvalue weighted by molar-refractivity contribution is 5.98. The van der Waals surface area contributed by atoms with Crippen LogP contribution in [0.5, 0.6) is 5.75 Å². The van der Waals surface area contributed by atoms with Crippen LogP contribution < -0.4 is 4.74 Å². The number of hydrogen-bond acceptors (Lipinski definition) is 5. The standard InChI is InChI=1S/C33H40N2O4/c1-4-38-33(37)31-19-29-30(35(31)20-23(2)3)10-7-11-32(29)39-22-28(36)21-34-16-14-25(15-17-34)27-13-12-24-8-5-6-9-26(24)18-27/h5-13,18-19,23,25,28,36H,4,14-17,20-22H2,1-3H3. The average molecular weight is 529 g/mol. The fraction of sp³-hybridized carbons (Fsp3) is 0.424. The highest BCUT2D eigenvalue weighted by Gasteiger charge is 2.23. The molecule has 1 unspecified atom stereocenters. The first-order valence-corrected chi connectivity index (χ1v) is 14.2. The molecule has 0 bridgehead atoms. The molecule has 1 N–H and O–H groups in total. The molecule has 1 fully saturated rings. The maximum absolute atomic E-state index is 12.7. The zero-order valence-electron chi connectivity index (χ0n) is 23.3. The summed E-state index contributed by atoms with van der Waals surface area (Å²) in [5.41, 5.74) is 2.89. The van der Waals surface area contributed by atoms with Crippen molar-refractivity contribution >= 4 is 27.6 Å². The SMILES string of the molecule is CCOC(=O)c1cc2c(OCC(O)CN3CCC(c4ccc5ccccc5c4)CC3)cccc2n1CC(C)C. The molecule has 1 aliphatic rings. The predicted octanol–water partition coefficient (Wildman–Crippen LogP) is 6.25. The van der Waals surface area contributed by atoms with Crippen LogP contribution in [0.2, 0.25) is 0 Å². The molecule has 206 valence electrons. The number of rotatable bonds is 10. The molecule has 2 heterocycles. The summed E-state index contributed by atoms with van der Waals surface area (Å²) in [6.07, 6.45) is 1.58. The van der Waals surface area contributed by atoms with E-state index in [0.29, 0.717) is 43.0 Å². The summed E-state index contributed by atoms with van der Waals surface area (Å²) in [7, 11) is 0. The van der Waals surface area contributed by atoms with Gasteiger partial charge in [-0.1, -0.05) is 62.4 Å². The second kappa shape index (κ2) is 12.2. The number of nitrogens with zero attached hydrogens (tertiary/aromatic N) is 2. The Hall–Kier alpha value is -3.35. The third kappa shape index (κ3) is 6.29. The number of aliphatic hydroxyl groups excluding tert-OH is 1. The van der Waals surface area contributed by atoms with Crippen LogP contribution in [0.3, 0.4) is 0 Å². The van der Waals surface area contributed by atoms with E-state index < -0.39 is 6.10 Å². The van der Waals surface area contributed by atoms with Gasteiger partial charge in [-0.2, -0.15) is 0 Å². The maximum Gasteiger partial charge on any atom is 0.354 e. The van der Waals surface area contributed by atoms with Crippen LogP contribution >= 0.6 is 0 Å². The molecular weight excluding hydrogens is 488 g/mol. The van der Waals surface area contributed by atoms with E-state index in [4.69, 9.17) is 9.47 Å². The number of piperidine rings is 1. The number of aliphatic hydroxyl groups is 1. The summed E-state index contributed by atoms with van der Waals surface area (Å²) in [5, 5.41) is 14.3. The minimum Gasteiger partial charge on any atom is -0.490 e. The highest BCUT2D eigenvalue weighted by atomic mass is 16.5. The Bertz CT molecular complexity index is 1420. The summed E-state index contributed by atoms with van der Waals surface area (Å²) in [4.78, 5) is 15.0. The molecule has 0 saturated carbocycles. The van der Waals surface area contributed by atoms with Crippen LogP contribution in [0.15, 0.2) is 66.7 Å². The number of carbonyl (C=O) groups is 1. The molecular formula is C33H40N2O4. The Labute approximate surface area is 231 Å². The molecule has 5 rings (SSSR count). The van der Waals surface area contributed by atoms with E-state index in [0.717, 1.165) is 36.8 Å². The van der Waals surface area contributed by atoms with Crippen LogP contribution in [0.1, 0.15) is 55.6 Å².